The molecule has 2 N–H and O–H groups in total. The van der Waals surface area contributed by atoms with Crippen LogP contribution in [0, 0.1) is 0 Å². The van der Waals surface area contributed by atoms with E-state index in [-0.39, 0.29) is 12.0 Å². The molecule has 1 aliphatic heterocycles. The number of amides is 1. The lowest BCUT2D eigenvalue weighted by atomic mass is 10.1. The summed E-state index contributed by atoms with van der Waals surface area (Å²) >= 11 is 0. The zero-order valence-corrected chi connectivity index (χ0v) is 11.9. The number of carbonyl (C=O) groups excluding carboxylic acids is 1. The molecule has 1 aliphatic carbocycles. The number of β-amino-alcohol motifs (C(OH)–C–C–N with tert-alkyl or cyclic N) is 1. The van der Waals surface area contributed by atoms with Gasteiger partial charge in [-0.3, -0.25) is 14.8 Å². The summed E-state index contributed by atoms with van der Waals surface area (Å²) in [4.78, 5) is 16.6. The second-order valence-corrected chi connectivity index (χ2v) is 5.82. The van der Waals surface area contributed by atoms with Gasteiger partial charge in [-0.1, -0.05) is 0 Å². The van der Waals surface area contributed by atoms with Gasteiger partial charge in [0.1, 0.15) is 0 Å². The van der Waals surface area contributed by atoms with Crippen molar-refractivity contribution in [3.05, 3.63) is 17.0 Å². The number of aliphatic hydroxyl groups is 1. The van der Waals surface area contributed by atoms with E-state index in [0.717, 1.165) is 43.6 Å². The van der Waals surface area contributed by atoms with Crippen molar-refractivity contribution >= 4 is 5.91 Å². The number of piperazine rings is 1. The first kappa shape index (κ1) is 13.6. The third kappa shape index (κ3) is 2.58. The van der Waals surface area contributed by atoms with E-state index < -0.39 is 0 Å². The molecule has 0 spiro atoms. The number of aromatic amines is 1. The molecule has 110 valence electrons. The van der Waals surface area contributed by atoms with Crippen molar-refractivity contribution in [2.75, 3.05) is 32.7 Å². The lowest BCUT2D eigenvalue weighted by molar-refractivity contribution is 0.0548. The zero-order chi connectivity index (χ0) is 14.1. The molecule has 6 heteroatoms. The number of H-pyrrole nitrogens is 1. The third-order valence-electron chi connectivity index (χ3n) is 4.19. The van der Waals surface area contributed by atoms with Gasteiger partial charge in [-0.25, -0.2) is 0 Å². The Hall–Kier alpha value is -1.40. The van der Waals surface area contributed by atoms with Crippen LogP contribution in [-0.4, -0.2) is 69.8 Å². The van der Waals surface area contributed by atoms with Gasteiger partial charge in [0, 0.05) is 44.0 Å². The Labute approximate surface area is 118 Å². The van der Waals surface area contributed by atoms with Crippen LogP contribution in [0.5, 0.6) is 0 Å². The number of nitrogens with one attached hydrogen (secondary N) is 1. The Kier molecular flexibility index (Phi) is 3.76. The number of hydrogen-bond donors (Lipinski definition) is 2. The fourth-order valence-corrected chi connectivity index (χ4v) is 3.15. The van der Waals surface area contributed by atoms with Crippen LogP contribution in [0.4, 0.5) is 0 Å². The summed E-state index contributed by atoms with van der Waals surface area (Å²) in [5, 5.41) is 16.6. The van der Waals surface area contributed by atoms with E-state index >= 15 is 0 Å². The number of aliphatic hydroxyl groups excluding tert-OH is 1. The van der Waals surface area contributed by atoms with Crippen molar-refractivity contribution in [3.8, 4) is 0 Å². The quantitative estimate of drug-likeness (QED) is 0.818. The Morgan fingerprint density at radius 2 is 2.10 bits per heavy atom. The highest BCUT2D eigenvalue weighted by Crippen LogP contribution is 2.24. The normalized spacial score (nSPS) is 21.0. The molecule has 6 nitrogen and oxygen atoms in total. The van der Waals surface area contributed by atoms with Crippen LogP contribution in [0.2, 0.25) is 0 Å². The molecule has 2 heterocycles. The number of nitrogens with zero attached hydrogens (tertiary/aromatic N) is 3. The molecular formula is C14H22N4O2. The molecule has 0 saturated carbocycles. The van der Waals surface area contributed by atoms with Gasteiger partial charge in [0.2, 0.25) is 0 Å². The van der Waals surface area contributed by atoms with E-state index in [1.165, 1.54) is 0 Å². The maximum Gasteiger partial charge on any atom is 0.274 e. The molecule has 2 aliphatic rings. The molecule has 0 radical (unpaired) electrons. The van der Waals surface area contributed by atoms with E-state index in [2.05, 4.69) is 15.1 Å². The van der Waals surface area contributed by atoms with Crippen LogP contribution in [0.3, 0.4) is 0 Å². The predicted molar refractivity (Wildman–Crippen MR) is 74.6 cm³/mol. The summed E-state index contributed by atoms with van der Waals surface area (Å²) in [5.74, 6) is 0.0566. The van der Waals surface area contributed by atoms with Crippen molar-refractivity contribution in [1.29, 1.82) is 0 Å². The fourth-order valence-electron chi connectivity index (χ4n) is 3.15. The first-order valence-electron chi connectivity index (χ1n) is 7.41. The average Bonchev–Trinajstić information content (AvgIpc) is 3.00. The molecule has 0 aromatic carbocycles. The zero-order valence-electron chi connectivity index (χ0n) is 11.9. The van der Waals surface area contributed by atoms with Gasteiger partial charge in [0.05, 0.1) is 6.10 Å². The molecule has 1 saturated heterocycles. The average molecular weight is 278 g/mol. The predicted octanol–water partition coefficient (Wildman–Crippen LogP) is 0.0370. The highest BCUT2D eigenvalue weighted by atomic mass is 16.3. The van der Waals surface area contributed by atoms with Crippen molar-refractivity contribution in [2.24, 2.45) is 0 Å². The fraction of sp³-hybridized carbons (Fsp3) is 0.714. The highest BCUT2D eigenvalue weighted by molar-refractivity contribution is 5.94. The monoisotopic (exact) mass is 278 g/mol. The summed E-state index contributed by atoms with van der Waals surface area (Å²) < 4.78 is 0. The topological polar surface area (TPSA) is 72.5 Å². The second kappa shape index (κ2) is 5.54. The number of hydrogen-bond acceptors (Lipinski definition) is 4. The Bertz CT molecular complexity index is 489. The second-order valence-electron chi connectivity index (χ2n) is 5.82. The SMILES string of the molecule is C[C@@H](O)CN1CCN(C(=O)c2n[nH]c3c2CCC3)CC1. The molecule has 1 amide bonds. The Morgan fingerprint density at radius 1 is 1.35 bits per heavy atom. The maximum atomic E-state index is 12.5. The molecule has 1 fully saturated rings. The molecular weight excluding hydrogens is 256 g/mol. The van der Waals surface area contributed by atoms with Gasteiger partial charge in [0.15, 0.2) is 5.69 Å². The summed E-state index contributed by atoms with van der Waals surface area (Å²) in [7, 11) is 0. The lowest BCUT2D eigenvalue weighted by Crippen LogP contribution is -2.50. The summed E-state index contributed by atoms with van der Waals surface area (Å²) in [6, 6.07) is 0. The first-order chi connectivity index (χ1) is 9.65. The van der Waals surface area contributed by atoms with Crippen LogP contribution in [0.1, 0.15) is 35.1 Å². The Morgan fingerprint density at radius 3 is 2.80 bits per heavy atom. The lowest BCUT2D eigenvalue weighted by Gasteiger charge is -2.35. The van der Waals surface area contributed by atoms with Crippen LogP contribution in [-0.2, 0) is 12.8 Å². The minimum Gasteiger partial charge on any atom is -0.392 e. The van der Waals surface area contributed by atoms with Gasteiger partial charge in [-0.2, -0.15) is 5.10 Å². The van der Waals surface area contributed by atoms with Crippen LogP contribution < -0.4 is 0 Å². The molecule has 1 aromatic heterocycles. The molecule has 1 aromatic rings. The Balaban J connectivity index is 1.62. The van der Waals surface area contributed by atoms with Gasteiger partial charge in [-0.15, -0.1) is 0 Å². The van der Waals surface area contributed by atoms with E-state index in [4.69, 9.17) is 0 Å². The molecule has 3 rings (SSSR count). The summed E-state index contributed by atoms with van der Waals surface area (Å²) in [6.45, 7) is 5.55. The number of aryl methyl sites for hydroxylation is 1. The molecule has 0 bridgehead atoms. The minimum atomic E-state index is -0.313. The standard InChI is InChI=1S/C14H22N4O2/c1-10(19)9-17-5-7-18(8-6-17)14(20)13-11-3-2-4-12(11)15-16-13/h10,19H,2-9H2,1H3,(H,15,16)/t10-/m1/s1. The highest BCUT2D eigenvalue weighted by Gasteiger charge is 2.28. The summed E-state index contributed by atoms with van der Waals surface area (Å²) in [5.41, 5.74) is 2.89. The van der Waals surface area contributed by atoms with Crippen LogP contribution >= 0.6 is 0 Å². The van der Waals surface area contributed by atoms with Gasteiger partial charge < -0.3 is 10.0 Å². The van der Waals surface area contributed by atoms with Gasteiger partial charge in [-0.05, 0) is 26.2 Å². The first-order valence-corrected chi connectivity index (χ1v) is 7.41. The number of aromatic nitrogens is 2. The minimum absolute atomic E-state index is 0.0566. The summed E-state index contributed by atoms with van der Waals surface area (Å²) in [6.07, 6.45) is 2.78. The van der Waals surface area contributed by atoms with E-state index in [1.54, 1.807) is 6.92 Å². The van der Waals surface area contributed by atoms with Crippen LogP contribution in [0.25, 0.3) is 0 Å². The van der Waals surface area contributed by atoms with E-state index in [1.807, 2.05) is 4.90 Å². The van der Waals surface area contributed by atoms with Crippen molar-refractivity contribution in [2.45, 2.75) is 32.3 Å². The van der Waals surface area contributed by atoms with Crippen molar-refractivity contribution in [1.82, 2.24) is 20.0 Å². The largest absolute Gasteiger partial charge is 0.392 e. The number of rotatable bonds is 3. The maximum absolute atomic E-state index is 12.5. The van der Waals surface area contributed by atoms with Crippen molar-refractivity contribution in [3.63, 3.8) is 0 Å². The van der Waals surface area contributed by atoms with Crippen molar-refractivity contribution < 1.29 is 9.90 Å². The number of fused-ring (bicyclic) bond motifs is 1. The third-order valence-corrected chi connectivity index (χ3v) is 4.19. The molecule has 1 atom stereocenters. The van der Waals surface area contributed by atoms with Gasteiger partial charge >= 0.3 is 0 Å². The smallest absolute Gasteiger partial charge is 0.274 e. The number of carbonyl (C=O) groups is 1. The molecule has 20 heavy (non-hydrogen) atoms. The van der Waals surface area contributed by atoms with E-state index in [0.29, 0.717) is 25.3 Å². The van der Waals surface area contributed by atoms with E-state index in [9.17, 15) is 9.90 Å². The van der Waals surface area contributed by atoms with Gasteiger partial charge in [0.25, 0.3) is 5.91 Å². The molecule has 0 unspecified atom stereocenters. The van der Waals surface area contributed by atoms with Crippen LogP contribution in [0.15, 0.2) is 0 Å².